The number of halogens is 1. The number of likely N-dealkylation sites (tertiary alicyclic amines) is 1. The molecule has 1 aromatic carbocycles. The molecule has 4 aliphatic rings. The van der Waals surface area contributed by atoms with Gasteiger partial charge in [-0.05, 0) is 74.6 Å². The quantitative estimate of drug-likeness (QED) is 0.289. The topological polar surface area (TPSA) is 173 Å². The molecule has 3 aliphatic carbocycles. The molecule has 0 bridgehead atoms. The van der Waals surface area contributed by atoms with Gasteiger partial charge >= 0.3 is 6.09 Å². The van der Waals surface area contributed by atoms with E-state index in [0.29, 0.717) is 34.5 Å². The number of aromatic nitrogens is 1. The zero-order chi connectivity index (χ0) is 36.0. The van der Waals surface area contributed by atoms with E-state index in [0.717, 1.165) is 25.7 Å². The number of nitrogens with one attached hydrogen (secondary N) is 3. The number of hydrogen-bond donors (Lipinski definition) is 3. The van der Waals surface area contributed by atoms with E-state index < -0.39 is 74.1 Å². The molecular weight excluding hydrogens is 686 g/mol. The highest BCUT2D eigenvalue weighted by Gasteiger charge is 2.62. The van der Waals surface area contributed by atoms with Gasteiger partial charge in [0.25, 0.3) is 5.91 Å². The van der Waals surface area contributed by atoms with Crippen molar-refractivity contribution in [3.8, 4) is 5.75 Å². The third-order valence-electron chi connectivity index (χ3n) is 10.0. The third-order valence-corrected chi connectivity index (χ3v) is 12.1. The van der Waals surface area contributed by atoms with Crippen molar-refractivity contribution in [1.29, 1.82) is 0 Å². The molecule has 3 N–H and O–H groups in total. The van der Waals surface area contributed by atoms with Crippen molar-refractivity contribution in [1.82, 2.24) is 25.2 Å². The van der Waals surface area contributed by atoms with Crippen LogP contribution < -0.4 is 20.1 Å². The summed E-state index contributed by atoms with van der Waals surface area (Å²) in [7, 11) is -3.89. The number of sulfonamides is 1. The van der Waals surface area contributed by atoms with Gasteiger partial charge in [0.15, 0.2) is 0 Å². The van der Waals surface area contributed by atoms with Crippen LogP contribution in [-0.4, -0.2) is 83.7 Å². The first kappa shape index (κ1) is 35.9. The van der Waals surface area contributed by atoms with E-state index in [4.69, 9.17) is 21.1 Å². The van der Waals surface area contributed by atoms with Crippen molar-refractivity contribution in [2.24, 2.45) is 11.3 Å². The van der Waals surface area contributed by atoms with Crippen molar-refractivity contribution in [3.63, 3.8) is 0 Å². The summed E-state index contributed by atoms with van der Waals surface area (Å²) in [5.74, 6) is -2.05. The van der Waals surface area contributed by atoms with Crippen LogP contribution >= 0.6 is 11.6 Å². The minimum Gasteiger partial charge on any atom is -0.488 e. The molecule has 13 nitrogen and oxygen atoms in total. The van der Waals surface area contributed by atoms with Crippen LogP contribution in [0, 0.1) is 11.3 Å². The molecule has 4 fully saturated rings. The second-order valence-corrected chi connectivity index (χ2v) is 17.3. The monoisotopic (exact) mass is 729 g/mol. The Morgan fingerprint density at radius 2 is 1.82 bits per heavy atom. The lowest BCUT2D eigenvalue weighted by Crippen LogP contribution is -2.60. The largest absolute Gasteiger partial charge is 0.488 e. The lowest BCUT2D eigenvalue weighted by molar-refractivity contribution is -0.143. The van der Waals surface area contributed by atoms with E-state index in [-0.39, 0.29) is 25.5 Å². The number of hydrogen-bond acceptors (Lipinski definition) is 9. The molecule has 0 spiro atoms. The lowest BCUT2D eigenvalue weighted by atomic mass is 9.85. The number of rotatable bonds is 11. The summed E-state index contributed by atoms with van der Waals surface area (Å²) in [5.41, 5.74) is -1.72. The molecule has 1 aromatic heterocycles. The molecule has 15 heteroatoms. The van der Waals surface area contributed by atoms with Crippen LogP contribution in [0.3, 0.4) is 0 Å². The van der Waals surface area contributed by atoms with Crippen molar-refractivity contribution in [2.75, 3.05) is 6.54 Å². The highest BCUT2D eigenvalue weighted by Crippen LogP contribution is 2.45. The molecule has 1 saturated heterocycles. The van der Waals surface area contributed by atoms with Crippen molar-refractivity contribution < 1.29 is 37.1 Å². The fourth-order valence-electron chi connectivity index (χ4n) is 6.90. The number of pyridine rings is 1. The lowest BCUT2D eigenvalue weighted by Gasteiger charge is -2.35. The Bertz CT molecular complexity index is 1810. The summed E-state index contributed by atoms with van der Waals surface area (Å²) < 4.78 is 39.5. The van der Waals surface area contributed by atoms with Crippen molar-refractivity contribution in [3.05, 3.63) is 48.1 Å². The molecule has 270 valence electrons. The zero-order valence-electron chi connectivity index (χ0n) is 28.4. The van der Waals surface area contributed by atoms with Gasteiger partial charge in [0.1, 0.15) is 35.6 Å². The predicted molar refractivity (Wildman–Crippen MR) is 186 cm³/mol. The van der Waals surface area contributed by atoms with Gasteiger partial charge in [-0.1, -0.05) is 38.4 Å². The minimum absolute atomic E-state index is 0.0135. The molecule has 2 heterocycles. The number of alkyl carbamates (subject to hydrolysis) is 1. The zero-order valence-corrected chi connectivity index (χ0v) is 30.0. The number of fused-ring (bicyclic) bond motifs is 1. The number of ether oxygens (including phenoxy) is 2. The average molecular weight is 730 g/mol. The Balaban J connectivity index is 1.27. The van der Waals surface area contributed by atoms with Crippen LogP contribution in [0.15, 0.2) is 43.1 Å². The highest BCUT2D eigenvalue weighted by atomic mass is 35.5. The summed E-state index contributed by atoms with van der Waals surface area (Å²) in [5, 5.41) is 6.11. The van der Waals surface area contributed by atoms with Gasteiger partial charge in [-0.25, -0.2) is 13.2 Å². The normalized spacial score (nSPS) is 25.8. The smallest absolute Gasteiger partial charge is 0.408 e. The Hall–Kier alpha value is -3.91. The third kappa shape index (κ3) is 7.56. The first-order valence-electron chi connectivity index (χ1n) is 17.1. The first-order valence-corrected chi connectivity index (χ1v) is 19.0. The van der Waals surface area contributed by atoms with Gasteiger partial charge in [0, 0.05) is 28.9 Å². The molecule has 1 aliphatic heterocycles. The molecule has 0 unspecified atom stereocenters. The van der Waals surface area contributed by atoms with Crippen LogP contribution in [-0.2, 0) is 29.1 Å². The summed E-state index contributed by atoms with van der Waals surface area (Å²) in [6, 6.07) is 4.68. The molecular formula is C35H44ClN5O8S. The SMILES string of the molecule is C=C[C@@H]1C[C@]1(NC(=O)[C@@H]1C[C@@H](Oc2ccnc3cc(Cl)ccc23)CN1C(=O)[C@@H](NC(=O)OC1CCCC1)C(C)(C)C)C(=O)NS(=O)(=O)C1CC1. The van der Waals surface area contributed by atoms with E-state index in [1.165, 1.54) is 11.0 Å². The molecule has 5 atom stereocenters. The molecule has 3 saturated carbocycles. The second kappa shape index (κ2) is 13.7. The Kier molecular flexibility index (Phi) is 9.81. The molecule has 50 heavy (non-hydrogen) atoms. The second-order valence-electron chi connectivity index (χ2n) is 14.9. The van der Waals surface area contributed by atoms with Crippen LogP contribution in [0.4, 0.5) is 4.79 Å². The van der Waals surface area contributed by atoms with Crippen LogP contribution in [0.5, 0.6) is 5.75 Å². The average Bonchev–Trinajstić information content (AvgIpc) is 3.93. The maximum Gasteiger partial charge on any atom is 0.408 e. The number of nitrogens with zero attached hydrogens (tertiary/aromatic N) is 2. The van der Waals surface area contributed by atoms with Gasteiger partial charge in [-0.3, -0.25) is 24.1 Å². The number of carbonyl (C=O) groups excluding carboxylic acids is 4. The van der Waals surface area contributed by atoms with Gasteiger partial charge in [0.05, 0.1) is 17.3 Å². The Morgan fingerprint density at radius 1 is 1.10 bits per heavy atom. The standard InChI is InChI=1S/C35H44ClN5O8S/c1-5-20-18-35(20,32(44)40-50(46,47)24-11-12-24)39-30(42)27-17-23(48-28-14-15-37-26-16-21(36)10-13-25(26)28)19-41(27)31(43)29(34(2,3)4)38-33(45)49-22-8-6-7-9-22/h5,10,13-16,20,22-24,27,29H,1,6-9,11-12,17-19H2,2-4H3,(H,38,45)(H,39,42)(H,40,44)/t20-,23-,27+,29-,35-/m1/s1. The fraction of sp³-hybridized carbons (Fsp3) is 0.571. The number of benzene rings is 1. The van der Waals surface area contributed by atoms with E-state index >= 15 is 0 Å². The van der Waals surface area contributed by atoms with E-state index in [1.807, 2.05) is 0 Å². The summed E-state index contributed by atoms with van der Waals surface area (Å²) in [6.07, 6.45) is 6.05. The molecule has 0 radical (unpaired) electrons. The Labute approximate surface area is 296 Å². The summed E-state index contributed by atoms with van der Waals surface area (Å²) in [6.45, 7) is 9.16. The molecule has 2 aromatic rings. The predicted octanol–water partition coefficient (Wildman–Crippen LogP) is 3.99. The van der Waals surface area contributed by atoms with Crippen LogP contribution in [0.1, 0.15) is 72.1 Å². The first-order chi connectivity index (χ1) is 23.6. The maximum absolute atomic E-state index is 14.5. The molecule has 4 amide bonds. The van der Waals surface area contributed by atoms with E-state index in [9.17, 15) is 27.6 Å². The van der Waals surface area contributed by atoms with E-state index in [1.54, 1.807) is 51.2 Å². The van der Waals surface area contributed by atoms with Gasteiger partial charge in [-0.15, -0.1) is 6.58 Å². The van der Waals surface area contributed by atoms with Gasteiger partial charge < -0.3 is 25.0 Å². The van der Waals surface area contributed by atoms with Crippen molar-refractivity contribution in [2.45, 2.75) is 107 Å². The van der Waals surface area contributed by atoms with E-state index in [2.05, 4.69) is 26.9 Å². The number of amides is 4. The molecule has 6 rings (SSSR count). The van der Waals surface area contributed by atoms with Crippen molar-refractivity contribution >= 4 is 56.3 Å². The minimum atomic E-state index is -3.89. The highest BCUT2D eigenvalue weighted by molar-refractivity contribution is 7.91. The van der Waals surface area contributed by atoms with Crippen LogP contribution in [0.2, 0.25) is 5.02 Å². The fourth-order valence-corrected chi connectivity index (χ4v) is 8.43. The number of carbonyl (C=O) groups is 4. The Morgan fingerprint density at radius 3 is 2.46 bits per heavy atom. The van der Waals surface area contributed by atoms with Gasteiger partial charge in [-0.2, -0.15) is 0 Å². The summed E-state index contributed by atoms with van der Waals surface area (Å²) in [4.78, 5) is 60.8. The maximum atomic E-state index is 14.5. The van der Waals surface area contributed by atoms with Crippen LogP contribution in [0.25, 0.3) is 10.9 Å². The van der Waals surface area contributed by atoms with Gasteiger partial charge in [0.2, 0.25) is 21.8 Å². The summed E-state index contributed by atoms with van der Waals surface area (Å²) >= 11 is 6.18.